The molecule has 0 saturated carbocycles. The van der Waals surface area contributed by atoms with Crippen molar-refractivity contribution in [3.63, 3.8) is 0 Å². The number of benzene rings is 2. The van der Waals surface area contributed by atoms with Crippen LogP contribution in [0.5, 0.6) is 0 Å². The average Bonchev–Trinajstić information content (AvgIpc) is 3.18. The quantitative estimate of drug-likeness (QED) is 0.213. The predicted octanol–water partition coefficient (Wildman–Crippen LogP) is 5.24. The van der Waals surface area contributed by atoms with Crippen LogP contribution in [0.15, 0.2) is 53.4 Å². The number of thioether (sulfide) groups is 1. The lowest BCUT2D eigenvalue weighted by atomic mass is 10.3. The largest absolute Gasteiger partial charge is 0.326 e. The SMILES string of the molecule is CSc1cccc(NC(=N)N(C)SCCCl)c1.c1cc2cc-2c1. The van der Waals surface area contributed by atoms with Crippen molar-refractivity contribution in [2.75, 3.05) is 30.3 Å². The molecule has 2 aliphatic carbocycles. The molecule has 0 bridgehead atoms. The van der Waals surface area contributed by atoms with Crippen molar-refractivity contribution in [2.45, 2.75) is 4.90 Å². The Bertz CT molecular complexity index is 647. The number of fused-ring (bicyclic) bond motifs is 1. The van der Waals surface area contributed by atoms with E-state index in [1.807, 2.05) is 37.6 Å². The Hall–Kier alpha value is -1.30. The molecule has 6 heteroatoms. The second-order valence-corrected chi connectivity index (χ2v) is 7.28. The van der Waals surface area contributed by atoms with Crippen molar-refractivity contribution >= 4 is 47.0 Å². The minimum atomic E-state index is 0.360. The van der Waals surface area contributed by atoms with Crippen LogP contribution < -0.4 is 5.32 Å². The molecule has 0 heterocycles. The summed E-state index contributed by atoms with van der Waals surface area (Å²) < 4.78 is 1.77. The normalized spacial score (nSPS) is 10.4. The van der Waals surface area contributed by atoms with Gasteiger partial charge in [-0.05, 0) is 53.6 Å². The molecule has 0 saturated heterocycles. The fourth-order valence-electron chi connectivity index (χ4n) is 1.83. The van der Waals surface area contributed by atoms with E-state index in [1.54, 1.807) is 16.1 Å². The van der Waals surface area contributed by atoms with Crippen LogP contribution in [0.2, 0.25) is 0 Å². The van der Waals surface area contributed by atoms with Crippen LogP contribution in [0, 0.1) is 5.41 Å². The van der Waals surface area contributed by atoms with Gasteiger partial charge >= 0.3 is 0 Å². The average molecular weight is 366 g/mol. The van der Waals surface area contributed by atoms with Crippen molar-refractivity contribution in [3.05, 3.63) is 48.5 Å². The van der Waals surface area contributed by atoms with E-state index >= 15 is 0 Å². The van der Waals surface area contributed by atoms with Gasteiger partial charge in [-0.3, -0.25) is 9.71 Å². The lowest BCUT2D eigenvalue weighted by Gasteiger charge is -2.19. The van der Waals surface area contributed by atoms with Crippen molar-refractivity contribution in [2.24, 2.45) is 0 Å². The molecule has 0 radical (unpaired) electrons. The van der Waals surface area contributed by atoms with Gasteiger partial charge in [0.15, 0.2) is 0 Å². The first kappa shape index (κ1) is 18.0. The molecule has 0 aliphatic heterocycles. The molecular weight excluding hydrogens is 346 g/mol. The van der Waals surface area contributed by atoms with E-state index in [9.17, 15) is 0 Å². The zero-order chi connectivity index (χ0) is 16.7. The van der Waals surface area contributed by atoms with Crippen LogP contribution in [-0.2, 0) is 0 Å². The molecule has 0 fully saturated rings. The second-order valence-electron chi connectivity index (χ2n) is 4.81. The minimum absolute atomic E-state index is 0.360. The van der Waals surface area contributed by atoms with Gasteiger partial charge in [-0.2, -0.15) is 0 Å². The summed E-state index contributed by atoms with van der Waals surface area (Å²) in [5.41, 5.74) is 3.78. The summed E-state index contributed by atoms with van der Waals surface area (Å²) >= 11 is 8.82. The molecule has 2 N–H and O–H groups in total. The fourth-order valence-corrected chi connectivity index (χ4v) is 3.01. The molecule has 3 nitrogen and oxygen atoms in total. The number of alkyl halides is 1. The third kappa shape index (κ3) is 6.01. The third-order valence-electron chi connectivity index (χ3n) is 3.12. The van der Waals surface area contributed by atoms with Gasteiger partial charge in [-0.1, -0.05) is 24.3 Å². The lowest BCUT2D eigenvalue weighted by molar-refractivity contribution is 0.829. The number of nitrogens with one attached hydrogen (secondary N) is 2. The standard InChI is InChI=1S/C11H16ClN3S2.C6H4/c1-15(17-7-6-12)11(13)14-9-4-3-5-10(8-9)16-2;1-2-5-4-6(5)3-1/h3-5,8H,6-7H2,1-2H3,(H2,13,14);1-4H. The summed E-state index contributed by atoms with van der Waals surface area (Å²) in [7, 11) is 1.85. The van der Waals surface area contributed by atoms with Crippen LogP contribution in [0.4, 0.5) is 5.69 Å². The number of rotatable bonds is 5. The summed E-state index contributed by atoms with van der Waals surface area (Å²) in [5, 5.41) is 10.9. The summed E-state index contributed by atoms with van der Waals surface area (Å²) in [5.74, 6) is 1.75. The Kier molecular flexibility index (Phi) is 7.15. The molecule has 2 aliphatic rings. The van der Waals surface area contributed by atoms with Crippen molar-refractivity contribution in [3.8, 4) is 11.1 Å². The molecule has 3 rings (SSSR count). The van der Waals surface area contributed by atoms with Gasteiger partial charge in [0.1, 0.15) is 0 Å². The maximum atomic E-state index is 7.88. The molecule has 1 aromatic rings. The van der Waals surface area contributed by atoms with E-state index in [2.05, 4.69) is 29.6 Å². The van der Waals surface area contributed by atoms with Gasteiger partial charge in [0, 0.05) is 29.3 Å². The summed E-state index contributed by atoms with van der Waals surface area (Å²) in [6, 6.07) is 16.5. The van der Waals surface area contributed by atoms with Gasteiger partial charge in [0.05, 0.1) is 0 Å². The highest BCUT2D eigenvalue weighted by Gasteiger charge is 2.07. The number of guanidine groups is 1. The number of hydrogen-bond donors (Lipinski definition) is 2. The first-order valence-corrected chi connectivity index (χ1v) is 9.87. The molecule has 0 spiro atoms. The first-order chi connectivity index (χ1) is 11.1. The van der Waals surface area contributed by atoms with Crippen LogP contribution >= 0.6 is 35.3 Å². The maximum absolute atomic E-state index is 7.88. The summed E-state index contributed by atoms with van der Waals surface area (Å²) in [6.45, 7) is 0. The van der Waals surface area contributed by atoms with Crippen molar-refractivity contribution in [1.29, 1.82) is 5.41 Å². The van der Waals surface area contributed by atoms with Gasteiger partial charge in [-0.25, -0.2) is 0 Å². The van der Waals surface area contributed by atoms with E-state index < -0.39 is 0 Å². The molecule has 122 valence electrons. The smallest absolute Gasteiger partial charge is 0.205 e. The molecule has 0 amide bonds. The molecule has 0 aromatic heterocycles. The highest BCUT2D eigenvalue weighted by Crippen LogP contribution is 2.32. The number of halogens is 1. The molecule has 1 aromatic carbocycles. The van der Waals surface area contributed by atoms with Crippen LogP contribution in [0.1, 0.15) is 0 Å². The molecular formula is C17H20ClN3S2. The molecule has 0 atom stereocenters. The Morgan fingerprint density at radius 1 is 1.17 bits per heavy atom. The fraction of sp³-hybridized carbons (Fsp3) is 0.235. The van der Waals surface area contributed by atoms with Crippen LogP contribution in [0.25, 0.3) is 11.1 Å². The highest BCUT2D eigenvalue weighted by atomic mass is 35.5. The first-order valence-electron chi connectivity index (χ1n) is 7.16. The Balaban J connectivity index is 0.000000260. The van der Waals surface area contributed by atoms with Crippen molar-refractivity contribution < 1.29 is 0 Å². The zero-order valence-corrected chi connectivity index (χ0v) is 15.6. The van der Waals surface area contributed by atoms with Gasteiger partial charge in [-0.15, -0.1) is 23.4 Å². The number of anilines is 1. The Labute approximate surface area is 151 Å². The van der Waals surface area contributed by atoms with Crippen LogP contribution in [-0.4, -0.2) is 35.2 Å². The summed E-state index contributed by atoms with van der Waals surface area (Å²) in [6.07, 6.45) is 2.03. The van der Waals surface area contributed by atoms with Gasteiger partial charge in [0.25, 0.3) is 0 Å². The van der Waals surface area contributed by atoms with Crippen LogP contribution in [0.3, 0.4) is 0 Å². The Morgan fingerprint density at radius 3 is 2.39 bits per heavy atom. The van der Waals surface area contributed by atoms with Gasteiger partial charge in [0.2, 0.25) is 5.96 Å². The summed E-state index contributed by atoms with van der Waals surface area (Å²) in [4.78, 5) is 1.18. The number of nitrogens with zero attached hydrogens (tertiary/aromatic N) is 1. The topological polar surface area (TPSA) is 39.1 Å². The number of hydrogen-bond acceptors (Lipinski definition) is 3. The van der Waals surface area contributed by atoms with E-state index in [4.69, 9.17) is 17.0 Å². The highest BCUT2D eigenvalue weighted by molar-refractivity contribution is 7.98. The monoisotopic (exact) mass is 365 g/mol. The van der Waals surface area contributed by atoms with E-state index in [0.717, 1.165) is 11.4 Å². The predicted molar refractivity (Wildman–Crippen MR) is 106 cm³/mol. The maximum Gasteiger partial charge on any atom is 0.205 e. The van der Waals surface area contributed by atoms with E-state index in [0.29, 0.717) is 11.8 Å². The van der Waals surface area contributed by atoms with Gasteiger partial charge < -0.3 is 5.32 Å². The van der Waals surface area contributed by atoms with Crippen molar-refractivity contribution in [1.82, 2.24) is 4.31 Å². The molecule has 0 unspecified atom stereocenters. The molecule has 23 heavy (non-hydrogen) atoms. The Morgan fingerprint density at radius 2 is 1.87 bits per heavy atom. The third-order valence-corrected chi connectivity index (χ3v) is 5.22. The second kappa shape index (κ2) is 9.11. The lowest BCUT2D eigenvalue weighted by Crippen LogP contribution is -2.27. The van der Waals surface area contributed by atoms with E-state index in [1.165, 1.54) is 28.0 Å². The zero-order valence-electron chi connectivity index (χ0n) is 13.2. The van der Waals surface area contributed by atoms with E-state index in [-0.39, 0.29) is 0 Å². The minimum Gasteiger partial charge on any atom is -0.326 e.